The van der Waals surface area contributed by atoms with E-state index in [1.54, 1.807) is 7.11 Å². The van der Waals surface area contributed by atoms with Gasteiger partial charge in [0.1, 0.15) is 11.1 Å². The summed E-state index contributed by atoms with van der Waals surface area (Å²) in [6.45, 7) is 0. The van der Waals surface area contributed by atoms with E-state index in [1.807, 2.05) is 30.3 Å². The number of nitrogens with zero attached hydrogens (tertiary/aromatic N) is 1. The predicted molar refractivity (Wildman–Crippen MR) is 81.4 cm³/mol. The molecule has 1 atom stereocenters. The predicted octanol–water partition coefficient (Wildman–Crippen LogP) is 3.53. The third-order valence-electron chi connectivity index (χ3n) is 3.62. The summed E-state index contributed by atoms with van der Waals surface area (Å²) in [4.78, 5) is 16.6. The van der Waals surface area contributed by atoms with Gasteiger partial charge < -0.3 is 9.84 Å². The van der Waals surface area contributed by atoms with Crippen LogP contribution in [0.2, 0.25) is 0 Å². The second-order valence-electron chi connectivity index (χ2n) is 5.25. The van der Waals surface area contributed by atoms with E-state index in [4.69, 9.17) is 14.8 Å². The lowest BCUT2D eigenvalue weighted by Crippen LogP contribution is -2.02. The van der Waals surface area contributed by atoms with Crippen molar-refractivity contribution in [2.75, 3.05) is 7.11 Å². The molecule has 0 saturated heterocycles. The SMILES string of the molecule is COC(c1nc(-c2ccccc2)c(CC(=O)O)s1)C1CC1. The molecule has 1 heterocycles. The monoisotopic (exact) mass is 303 g/mol. The van der Waals surface area contributed by atoms with Crippen molar-refractivity contribution in [3.63, 3.8) is 0 Å². The summed E-state index contributed by atoms with van der Waals surface area (Å²) < 4.78 is 5.57. The number of aliphatic carboxylic acids is 1. The van der Waals surface area contributed by atoms with Crippen LogP contribution in [0.5, 0.6) is 0 Å². The van der Waals surface area contributed by atoms with Gasteiger partial charge in [0.25, 0.3) is 0 Å². The van der Waals surface area contributed by atoms with Crippen LogP contribution in [0.3, 0.4) is 0 Å². The van der Waals surface area contributed by atoms with Crippen LogP contribution in [0.4, 0.5) is 0 Å². The molecule has 0 bridgehead atoms. The third kappa shape index (κ3) is 3.14. The van der Waals surface area contributed by atoms with Gasteiger partial charge in [0.05, 0.1) is 12.1 Å². The lowest BCUT2D eigenvalue weighted by Gasteiger charge is -2.10. The Balaban J connectivity index is 2.00. The lowest BCUT2D eigenvalue weighted by atomic mass is 10.1. The first-order valence-corrected chi connectivity index (χ1v) is 7.80. The molecule has 1 fully saturated rings. The fourth-order valence-electron chi connectivity index (χ4n) is 2.46. The molecule has 0 amide bonds. The van der Waals surface area contributed by atoms with E-state index in [-0.39, 0.29) is 12.5 Å². The number of carbonyl (C=O) groups is 1. The zero-order chi connectivity index (χ0) is 14.8. The van der Waals surface area contributed by atoms with E-state index in [0.717, 1.165) is 34.0 Å². The zero-order valence-corrected chi connectivity index (χ0v) is 12.6. The van der Waals surface area contributed by atoms with Crippen LogP contribution >= 0.6 is 11.3 Å². The molecule has 1 N–H and O–H groups in total. The second kappa shape index (κ2) is 5.95. The Kier molecular flexibility index (Phi) is 4.03. The first kappa shape index (κ1) is 14.2. The topological polar surface area (TPSA) is 59.4 Å². The molecule has 0 spiro atoms. The zero-order valence-electron chi connectivity index (χ0n) is 11.8. The number of hydrogen-bond acceptors (Lipinski definition) is 4. The van der Waals surface area contributed by atoms with Crippen LogP contribution in [0.15, 0.2) is 30.3 Å². The highest BCUT2D eigenvalue weighted by molar-refractivity contribution is 7.12. The minimum Gasteiger partial charge on any atom is -0.481 e. The molecule has 21 heavy (non-hydrogen) atoms. The molecule has 3 rings (SSSR count). The molecule has 1 aliphatic rings. The molecule has 5 heteroatoms. The van der Waals surface area contributed by atoms with E-state index < -0.39 is 5.97 Å². The maximum Gasteiger partial charge on any atom is 0.308 e. The van der Waals surface area contributed by atoms with Gasteiger partial charge in [0.15, 0.2) is 0 Å². The largest absolute Gasteiger partial charge is 0.481 e. The van der Waals surface area contributed by atoms with Gasteiger partial charge in [-0.25, -0.2) is 4.98 Å². The Morgan fingerprint density at radius 1 is 1.43 bits per heavy atom. The van der Waals surface area contributed by atoms with E-state index in [9.17, 15) is 4.79 Å². The van der Waals surface area contributed by atoms with Gasteiger partial charge in [-0.2, -0.15) is 0 Å². The smallest absolute Gasteiger partial charge is 0.308 e. The molecule has 1 saturated carbocycles. The highest BCUT2D eigenvalue weighted by Gasteiger charge is 2.35. The number of methoxy groups -OCH3 is 1. The summed E-state index contributed by atoms with van der Waals surface area (Å²) in [5.41, 5.74) is 1.74. The maximum atomic E-state index is 11.1. The fourth-order valence-corrected chi connectivity index (χ4v) is 3.71. The number of aromatic nitrogens is 1. The van der Waals surface area contributed by atoms with Crippen molar-refractivity contribution in [1.82, 2.24) is 4.98 Å². The second-order valence-corrected chi connectivity index (χ2v) is 6.37. The van der Waals surface area contributed by atoms with Gasteiger partial charge in [-0.1, -0.05) is 30.3 Å². The molecule has 1 aromatic heterocycles. The number of ether oxygens (including phenoxy) is 1. The molecule has 2 aromatic rings. The summed E-state index contributed by atoms with van der Waals surface area (Å²) in [5.74, 6) is -0.301. The highest BCUT2D eigenvalue weighted by Crippen LogP contribution is 2.45. The average molecular weight is 303 g/mol. The summed E-state index contributed by atoms with van der Waals surface area (Å²) in [5, 5.41) is 10.0. The van der Waals surface area contributed by atoms with Crippen molar-refractivity contribution in [3.05, 3.63) is 40.2 Å². The molecule has 0 aliphatic heterocycles. The molecule has 0 radical (unpaired) electrons. The Morgan fingerprint density at radius 3 is 2.71 bits per heavy atom. The Hall–Kier alpha value is -1.72. The van der Waals surface area contributed by atoms with Crippen molar-refractivity contribution in [2.24, 2.45) is 5.92 Å². The van der Waals surface area contributed by atoms with Crippen LogP contribution in [-0.2, 0) is 16.0 Å². The van der Waals surface area contributed by atoms with Crippen LogP contribution in [0.1, 0.15) is 28.8 Å². The third-order valence-corrected chi connectivity index (χ3v) is 4.74. The number of thiazole rings is 1. The van der Waals surface area contributed by atoms with Gasteiger partial charge in [-0.3, -0.25) is 4.79 Å². The van der Waals surface area contributed by atoms with Crippen molar-refractivity contribution in [1.29, 1.82) is 0 Å². The molecule has 1 aromatic carbocycles. The van der Waals surface area contributed by atoms with E-state index in [2.05, 4.69) is 0 Å². The van der Waals surface area contributed by atoms with Crippen molar-refractivity contribution >= 4 is 17.3 Å². The van der Waals surface area contributed by atoms with Crippen LogP contribution in [-0.4, -0.2) is 23.2 Å². The van der Waals surface area contributed by atoms with Crippen LogP contribution in [0.25, 0.3) is 11.3 Å². The number of carboxylic acids is 1. The van der Waals surface area contributed by atoms with E-state index >= 15 is 0 Å². The van der Waals surface area contributed by atoms with Crippen LogP contribution < -0.4 is 0 Å². The molecule has 4 nitrogen and oxygen atoms in total. The number of benzene rings is 1. The highest BCUT2D eigenvalue weighted by atomic mass is 32.1. The molecular weight excluding hydrogens is 286 g/mol. The van der Waals surface area contributed by atoms with Crippen molar-refractivity contribution in [2.45, 2.75) is 25.4 Å². The van der Waals surface area contributed by atoms with E-state index in [1.165, 1.54) is 11.3 Å². The fraction of sp³-hybridized carbons (Fsp3) is 0.375. The Morgan fingerprint density at radius 2 is 2.14 bits per heavy atom. The maximum absolute atomic E-state index is 11.1. The minimum absolute atomic E-state index is 0.00000661. The van der Waals surface area contributed by atoms with Crippen molar-refractivity contribution < 1.29 is 14.6 Å². The first-order chi connectivity index (χ1) is 10.2. The Labute approximate surface area is 127 Å². The molecular formula is C16H17NO3S. The van der Waals surface area contributed by atoms with Gasteiger partial charge in [-0.05, 0) is 18.8 Å². The lowest BCUT2D eigenvalue weighted by molar-refractivity contribution is -0.136. The first-order valence-electron chi connectivity index (χ1n) is 6.98. The number of rotatable bonds is 6. The standard InChI is InChI=1S/C16H17NO3S/c1-20-15(11-7-8-11)16-17-14(10-5-3-2-4-6-10)12(21-16)9-13(18)19/h2-6,11,15H,7-9H2,1H3,(H,18,19). The molecule has 1 unspecified atom stereocenters. The van der Waals surface area contributed by atoms with Crippen LogP contribution in [0, 0.1) is 5.92 Å². The number of carboxylic acid groups (broad SMARTS) is 1. The van der Waals surface area contributed by atoms with Gasteiger partial charge in [-0.15, -0.1) is 11.3 Å². The normalized spacial score (nSPS) is 15.9. The molecule has 1 aliphatic carbocycles. The van der Waals surface area contributed by atoms with Gasteiger partial charge in [0.2, 0.25) is 0 Å². The summed E-state index contributed by atoms with van der Waals surface area (Å²) in [6.07, 6.45) is 2.32. The summed E-state index contributed by atoms with van der Waals surface area (Å²) in [7, 11) is 1.70. The quantitative estimate of drug-likeness (QED) is 0.887. The van der Waals surface area contributed by atoms with E-state index in [0.29, 0.717) is 5.92 Å². The number of hydrogen-bond donors (Lipinski definition) is 1. The minimum atomic E-state index is -0.831. The summed E-state index contributed by atoms with van der Waals surface area (Å²) in [6, 6.07) is 9.74. The average Bonchev–Trinajstić information content (AvgIpc) is 3.22. The Bertz CT molecular complexity index is 634. The van der Waals surface area contributed by atoms with Gasteiger partial charge in [0, 0.05) is 17.6 Å². The van der Waals surface area contributed by atoms with Gasteiger partial charge >= 0.3 is 5.97 Å². The summed E-state index contributed by atoms with van der Waals surface area (Å²) >= 11 is 1.47. The van der Waals surface area contributed by atoms with Crippen molar-refractivity contribution in [3.8, 4) is 11.3 Å². The molecule has 110 valence electrons.